The number of fused-ring (bicyclic) bond motifs is 2. The summed E-state index contributed by atoms with van der Waals surface area (Å²) < 4.78 is 11.7. The zero-order valence-electron chi connectivity index (χ0n) is 12.1. The first kappa shape index (κ1) is 12.9. The van der Waals surface area contributed by atoms with Crippen LogP contribution in [0.15, 0.2) is 18.2 Å². The molecule has 104 valence electrons. The monoisotopic (exact) mass is 262 g/mol. The summed E-state index contributed by atoms with van der Waals surface area (Å²) in [6, 6.07) is 6.03. The van der Waals surface area contributed by atoms with Crippen molar-refractivity contribution < 1.29 is 14.6 Å². The molecule has 1 fully saturated rings. The van der Waals surface area contributed by atoms with Crippen LogP contribution in [-0.4, -0.2) is 24.4 Å². The number of rotatable bonds is 2. The Hall–Kier alpha value is -1.06. The molecule has 0 unspecified atom stereocenters. The van der Waals surface area contributed by atoms with Crippen molar-refractivity contribution in [2.45, 2.75) is 44.8 Å². The van der Waals surface area contributed by atoms with Gasteiger partial charge in [-0.15, -0.1) is 0 Å². The van der Waals surface area contributed by atoms with Gasteiger partial charge in [-0.1, -0.05) is 12.1 Å². The first-order chi connectivity index (χ1) is 8.86. The number of benzene rings is 1. The number of ether oxygens (including phenoxy) is 2. The number of hydrogen-bond donors (Lipinski definition) is 1. The average Bonchev–Trinajstić information content (AvgIpc) is 2.32. The van der Waals surface area contributed by atoms with Crippen molar-refractivity contribution in [3.05, 3.63) is 29.3 Å². The number of aryl methyl sites for hydroxylation is 1. The van der Waals surface area contributed by atoms with Crippen molar-refractivity contribution in [3.63, 3.8) is 0 Å². The van der Waals surface area contributed by atoms with Crippen LogP contribution < -0.4 is 4.74 Å². The summed E-state index contributed by atoms with van der Waals surface area (Å²) in [5.41, 5.74) is 0.422. The Kier molecular flexibility index (Phi) is 2.55. The third-order valence-corrected chi connectivity index (χ3v) is 5.36. The van der Waals surface area contributed by atoms with Gasteiger partial charge in [0.2, 0.25) is 0 Å². The van der Waals surface area contributed by atoms with Gasteiger partial charge >= 0.3 is 0 Å². The molecule has 1 N–H and O–H groups in total. The van der Waals surface area contributed by atoms with Gasteiger partial charge in [0.15, 0.2) is 0 Å². The summed E-state index contributed by atoms with van der Waals surface area (Å²) in [4.78, 5) is 0. The molecular formula is C16H22O3. The van der Waals surface area contributed by atoms with Crippen LogP contribution in [0.2, 0.25) is 0 Å². The Morgan fingerprint density at radius 3 is 2.63 bits per heavy atom. The molecule has 3 nitrogen and oxygen atoms in total. The molecule has 3 atom stereocenters. The van der Waals surface area contributed by atoms with Crippen molar-refractivity contribution in [2.75, 3.05) is 13.7 Å². The Labute approximate surface area is 114 Å². The highest BCUT2D eigenvalue weighted by atomic mass is 16.5. The van der Waals surface area contributed by atoms with Crippen LogP contribution in [0.4, 0.5) is 0 Å². The van der Waals surface area contributed by atoms with Gasteiger partial charge in [0, 0.05) is 12.7 Å². The normalized spacial score (nSPS) is 39.8. The zero-order chi connectivity index (χ0) is 13.9. The SMILES string of the molecule is COC[C@@]12CC[C@]1(C)Oc1cc(C)ccc1[C@]2(C)O. The van der Waals surface area contributed by atoms with E-state index in [2.05, 4.69) is 6.92 Å². The topological polar surface area (TPSA) is 38.7 Å². The summed E-state index contributed by atoms with van der Waals surface area (Å²) in [6.45, 7) is 6.55. The maximum Gasteiger partial charge on any atom is 0.126 e. The molecule has 1 saturated carbocycles. The maximum absolute atomic E-state index is 11.2. The zero-order valence-corrected chi connectivity index (χ0v) is 12.1. The minimum atomic E-state index is -0.919. The standard InChI is InChI=1S/C16H22O3/c1-11-5-6-12-13(9-11)19-14(2)7-8-16(14,10-18-4)15(12,3)17/h5-6,9,17H,7-8,10H2,1-4H3/t14-,15-,16-/m0/s1. The molecule has 0 bridgehead atoms. The van der Waals surface area contributed by atoms with E-state index in [0.29, 0.717) is 6.61 Å². The first-order valence-electron chi connectivity index (χ1n) is 6.88. The second-order valence-corrected chi connectivity index (χ2v) is 6.42. The molecule has 1 aromatic carbocycles. The molecule has 19 heavy (non-hydrogen) atoms. The Bertz CT molecular complexity index is 523. The van der Waals surface area contributed by atoms with Gasteiger partial charge in [0.25, 0.3) is 0 Å². The fourth-order valence-electron chi connectivity index (χ4n) is 3.91. The molecule has 3 rings (SSSR count). The summed E-state index contributed by atoms with van der Waals surface area (Å²) in [7, 11) is 1.69. The van der Waals surface area contributed by atoms with Gasteiger partial charge in [-0.2, -0.15) is 0 Å². The molecule has 1 aliphatic carbocycles. The Morgan fingerprint density at radius 1 is 1.32 bits per heavy atom. The molecule has 0 amide bonds. The number of hydrogen-bond acceptors (Lipinski definition) is 3. The van der Waals surface area contributed by atoms with Crippen LogP contribution in [0.25, 0.3) is 0 Å². The second-order valence-electron chi connectivity index (χ2n) is 6.42. The minimum absolute atomic E-state index is 0.340. The van der Waals surface area contributed by atoms with Gasteiger partial charge in [0.1, 0.15) is 17.0 Å². The highest BCUT2D eigenvalue weighted by molar-refractivity contribution is 5.47. The summed E-state index contributed by atoms with van der Waals surface area (Å²) in [5, 5.41) is 11.2. The lowest BCUT2D eigenvalue weighted by atomic mass is 9.48. The van der Waals surface area contributed by atoms with Crippen molar-refractivity contribution in [2.24, 2.45) is 5.41 Å². The van der Waals surface area contributed by atoms with Crippen LogP contribution in [0.5, 0.6) is 5.75 Å². The highest BCUT2D eigenvalue weighted by Gasteiger charge is 2.70. The lowest BCUT2D eigenvalue weighted by Crippen LogP contribution is -2.71. The van der Waals surface area contributed by atoms with E-state index in [1.807, 2.05) is 32.0 Å². The summed E-state index contributed by atoms with van der Waals surface area (Å²) >= 11 is 0. The molecule has 1 aromatic rings. The molecule has 0 saturated heterocycles. The number of aliphatic hydroxyl groups is 1. The smallest absolute Gasteiger partial charge is 0.126 e. The van der Waals surface area contributed by atoms with E-state index >= 15 is 0 Å². The minimum Gasteiger partial charge on any atom is -0.486 e. The molecular weight excluding hydrogens is 240 g/mol. The van der Waals surface area contributed by atoms with Gasteiger partial charge in [-0.3, -0.25) is 0 Å². The molecule has 0 spiro atoms. The van der Waals surface area contributed by atoms with E-state index in [4.69, 9.17) is 9.47 Å². The molecule has 0 aromatic heterocycles. The average molecular weight is 262 g/mol. The van der Waals surface area contributed by atoms with Crippen LogP contribution in [0.3, 0.4) is 0 Å². The third kappa shape index (κ3) is 1.40. The van der Waals surface area contributed by atoms with Crippen molar-refractivity contribution in [3.8, 4) is 5.75 Å². The highest BCUT2D eigenvalue weighted by Crippen LogP contribution is 2.65. The predicted molar refractivity (Wildman–Crippen MR) is 73.3 cm³/mol. The summed E-state index contributed by atoms with van der Waals surface area (Å²) in [6.07, 6.45) is 1.89. The quantitative estimate of drug-likeness (QED) is 0.890. The molecule has 1 heterocycles. The third-order valence-electron chi connectivity index (χ3n) is 5.36. The van der Waals surface area contributed by atoms with E-state index in [-0.39, 0.29) is 11.0 Å². The van der Waals surface area contributed by atoms with Gasteiger partial charge in [0.05, 0.1) is 12.0 Å². The van der Waals surface area contributed by atoms with E-state index in [9.17, 15) is 5.11 Å². The van der Waals surface area contributed by atoms with E-state index < -0.39 is 5.60 Å². The van der Waals surface area contributed by atoms with Gasteiger partial charge in [-0.25, -0.2) is 0 Å². The Morgan fingerprint density at radius 2 is 2.05 bits per heavy atom. The van der Waals surface area contributed by atoms with E-state index in [0.717, 1.165) is 29.7 Å². The number of methoxy groups -OCH3 is 1. The van der Waals surface area contributed by atoms with E-state index in [1.165, 1.54) is 0 Å². The molecule has 0 radical (unpaired) electrons. The largest absolute Gasteiger partial charge is 0.486 e. The summed E-state index contributed by atoms with van der Waals surface area (Å²) in [5.74, 6) is 0.818. The van der Waals surface area contributed by atoms with Crippen LogP contribution in [0, 0.1) is 12.3 Å². The first-order valence-corrected chi connectivity index (χ1v) is 6.88. The second kappa shape index (κ2) is 3.74. The Balaban J connectivity index is 2.18. The fourth-order valence-corrected chi connectivity index (χ4v) is 3.91. The molecule has 1 aliphatic heterocycles. The molecule has 3 heteroatoms. The van der Waals surface area contributed by atoms with Crippen LogP contribution in [0.1, 0.15) is 37.8 Å². The van der Waals surface area contributed by atoms with Crippen molar-refractivity contribution in [1.29, 1.82) is 0 Å². The lowest BCUT2D eigenvalue weighted by Gasteiger charge is -2.65. The van der Waals surface area contributed by atoms with Crippen molar-refractivity contribution >= 4 is 0 Å². The fraction of sp³-hybridized carbons (Fsp3) is 0.625. The maximum atomic E-state index is 11.2. The van der Waals surface area contributed by atoms with Crippen LogP contribution in [-0.2, 0) is 10.3 Å². The predicted octanol–water partition coefficient (Wildman–Crippen LogP) is 2.78. The molecule has 2 aliphatic rings. The van der Waals surface area contributed by atoms with E-state index in [1.54, 1.807) is 7.11 Å². The van der Waals surface area contributed by atoms with Gasteiger partial charge in [-0.05, 0) is 45.2 Å². The van der Waals surface area contributed by atoms with Crippen LogP contribution >= 0.6 is 0 Å². The lowest BCUT2D eigenvalue weighted by molar-refractivity contribution is -0.270. The van der Waals surface area contributed by atoms with Gasteiger partial charge < -0.3 is 14.6 Å². The van der Waals surface area contributed by atoms with Crippen molar-refractivity contribution in [1.82, 2.24) is 0 Å².